The Morgan fingerprint density at radius 2 is 2.05 bits per heavy atom. The number of pyridine rings is 2. The van der Waals surface area contributed by atoms with Crippen LogP contribution in [-0.4, -0.2) is 57.9 Å². The zero-order valence-electron chi connectivity index (χ0n) is 21.0. The third-order valence-corrected chi connectivity index (χ3v) is 8.40. The molecule has 5 heterocycles. The highest BCUT2D eigenvalue weighted by molar-refractivity contribution is 7.21. The number of urea groups is 1. The van der Waals surface area contributed by atoms with Crippen molar-refractivity contribution in [1.82, 2.24) is 20.2 Å². The molecular weight excluding hydrogens is 504 g/mol. The molecule has 4 amide bonds. The Balaban J connectivity index is 1.29. The SMILES string of the molecule is C=CC(=O)N1CCCC(NC(=O)c2sc3nccc4c3c2NC(=O)N4c2ccc(OC3CCC3)nc2C)C1. The number of aryl methyl sites for hydroxylation is 1. The van der Waals surface area contributed by atoms with E-state index in [9.17, 15) is 14.4 Å². The van der Waals surface area contributed by atoms with Crippen molar-refractivity contribution in [1.29, 1.82) is 0 Å². The average molecular weight is 533 g/mol. The summed E-state index contributed by atoms with van der Waals surface area (Å²) in [6.45, 7) is 6.47. The van der Waals surface area contributed by atoms with E-state index < -0.39 is 0 Å². The number of carbonyl (C=O) groups excluding carboxylic acids is 3. The monoisotopic (exact) mass is 532 g/mol. The standard InChI is InChI=1S/C27H28N6O4S/c1-3-21(34)32-13-5-6-16(14-32)30-25(35)24-23-22-19(11-12-28-26(22)38-24)33(27(36)31-23)18-9-10-20(29-15(18)2)37-17-7-4-8-17/h3,9-12,16-17H,1,4-8,13-14H2,2H3,(H,30,35)(H,31,36). The summed E-state index contributed by atoms with van der Waals surface area (Å²) in [5.74, 6) is 0.116. The van der Waals surface area contributed by atoms with Crippen LogP contribution in [0.15, 0.2) is 37.1 Å². The van der Waals surface area contributed by atoms with Crippen molar-refractivity contribution in [2.75, 3.05) is 23.3 Å². The van der Waals surface area contributed by atoms with Crippen molar-refractivity contribution in [3.05, 3.63) is 47.6 Å². The van der Waals surface area contributed by atoms with Gasteiger partial charge in [0.2, 0.25) is 11.8 Å². The number of nitrogens with zero attached hydrogens (tertiary/aromatic N) is 4. The predicted octanol–water partition coefficient (Wildman–Crippen LogP) is 4.52. The Morgan fingerprint density at radius 3 is 2.79 bits per heavy atom. The molecule has 2 N–H and O–H groups in total. The molecule has 2 aliphatic heterocycles. The first-order valence-corrected chi connectivity index (χ1v) is 13.6. The van der Waals surface area contributed by atoms with Crippen molar-refractivity contribution in [3.8, 4) is 5.88 Å². The highest BCUT2D eigenvalue weighted by Gasteiger charge is 2.34. The van der Waals surface area contributed by atoms with E-state index in [1.807, 2.05) is 13.0 Å². The number of hydrogen-bond acceptors (Lipinski definition) is 7. The molecule has 0 spiro atoms. The van der Waals surface area contributed by atoms with Crippen LogP contribution in [0.5, 0.6) is 5.88 Å². The van der Waals surface area contributed by atoms with Crippen molar-refractivity contribution in [2.45, 2.75) is 51.2 Å². The van der Waals surface area contributed by atoms with Crippen molar-refractivity contribution in [2.24, 2.45) is 0 Å². The summed E-state index contributed by atoms with van der Waals surface area (Å²) in [5, 5.41) is 6.69. The van der Waals surface area contributed by atoms with Gasteiger partial charge in [-0.2, -0.15) is 0 Å². The van der Waals surface area contributed by atoms with Gasteiger partial charge in [0.1, 0.15) is 15.8 Å². The van der Waals surface area contributed by atoms with Crippen LogP contribution in [0, 0.1) is 6.92 Å². The molecule has 2 fully saturated rings. The lowest BCUT2D eigenvalue weighted by molar-refractivity contribution is -0.127. The molecule has 3 aliphatic rings. The van der Waals surface area contributed by atoms with Gasteiger partial charge in [-0.15, -0.1) is 11.3 Å². The van der Waals surface area contributed by atoms with Gasteiger partial charge in [0.25, 0.3) is 5.91 Å². The number of hydrogen-bond donors (Lipinski definition) is 2. The zero-order chi connectivity index (χ0) is 26.4. The Labute approximate surface area is 223 Å². The van der Waals surface area contributed by atoms with Crippen LogP contribution in [0.3, 0.4) is 0 Å². The van der Waals surface area contributed by atoms with Gasteiger partial charge in [0.15, 0.2) is 0 Å². The topological polar surface area (TPSA) is 117 Å². The highest BCUT2D eigenvalue weighted by Crippen LogP contribution is 2.46. The normalized spacial score (nSPS) is 19.1. The molecule has 1 saturated carbocycles. The Morgan fingerprint density at radius 1 is 1.21 bits per heavy atom. The molecule has 1 atom stereocenters. The van der Waals surface area contributed by atoms with Crippen molar-refractivity contribution >= 4 is 56.5 Å². The van der Waals surface area contributed by atoms with Gasteiger partial charge in [-0.1, -0.05) is 6.58 Å². The highest BCUT2D eigenvalue weighted by atomic mass is 32.1. The molecule has 38 heavy (non-hydrogen) atoms. The molecule has 196 valence electrons. The van der Waals surface area contributed by atoms with Gasteiger partial charge in [-0.25, -0.2) is 14.8 Å². The molecule has 0 bridgehead atoms. The first kappa shape index (κ1) is 24.4. The molecule has 1 aliphatic carbocycles. The number of thiophene rings is 1. The van der Waals surface area contributed by atoms with E-state index in [0.29, 0.717) is 56.8 Å². The zero-order valence-corrected chi connectivity index (χ0v) is 21.8. The average Bonchev–Trinajstić information content (AvgIpc) is 3.26. The fourth-order valence-corrected chi connectivity index (χ4v) is 6.17. The lowest BCUT2D eigenvalue weighted by Crippen LogP contribution is -2.49. The third-order valence-electron chi connectivity index (χ3n) is 7.31. The molecule has 10 nitrogen and oxygen atoms in total. The number of rotatable bonds is 6. The summed E-state index contributed by atoms with van der Waals surface area (Å²) >= 11 is 1.24. The first-order valence-electron chi connectivity index (χ1n) is 12.8. The van der Waals surface area contributed by atoms with Crippen molar-refractivity contribution < 1.29 is 19.1 Å². The van der Waals surface area contributed by atoms with Crippen LogP contribution in [0.4, 0.5) is 21.9 Å². The predicted molar refractivity (Wildman–Crippen MR) is 145 cm³/mol. The van der Waals surface area contributed by atoms with E-state index in [-0.39, 0.29) is 30.0 Å². The molecule has 0 aromatic carbocycles. The quantitative estimate of drug-likeness (QED) is 0.451. The minimum atomic E-state index is -0.379. The van der Waals surface area contributed by atoms with Gasteiger partial charge >= 0.3 is 6.03 Å². The number of piperidine rings is 1. The van der Waals surface area contributed by atoms with Gasteiger partial charge in [-0.3, -0.25) is 14.5 Å². The number of amides is 4. The Kier molecular flexibility index (Phi) is 6.22. The fourth-order valence-electron chi connectivity index (χ4n) is 5.15. The minimum absolute atomic E-state index is 0.144. The summed E-state index contributed by atoms with van der Waals surface area (Å²) in [6, 6.07) is 4.84. The maximum atomic E-state index is 13.4. The van der Waals surface area contributed by atoms with Crippen LogP contribution < -0.4 is 20.3 Å². The summed E-state index contributed by atoms with van der Waals surface area (Å²) in [5.41, 5.74) is 2.39. The maximum absolute atomic E-state index is 13.4. The number of ether oxygens (including phenoxy) is 1. The molecule has 3 aromatic rings. The molecule has 3 aromatic heterocycles. The maximum Gasteiger partial charge on any atom is 0.331 e. The van der Waals surface area contributed by atoms with Crippen LogP contribution in [0.1, 0.15) is 47.5 Å². The summed E-state index contributed by atoms with van der Waals surface area (Å²) in [6.07, 6.45) is 7.95. The van der Waals surface area contributed by atoms with E-state index in [4.69, 9.17) is 4.74 Å². The third kappa shape index (κ3) is 4.26. The number of carbonyl (C=O) groups is 3. The van der Waals surface area contributed by atoms with Gasteiger partial charge in [-0.05, 0) is 57.2 Å². The lowest BCUT2D eigenvalue weighted by atomic mass is 9.96. The van der Waals surface area contributed by atoms with Gasteiger partial charge < -0.3 is 20.3 Å². The Hall–Kier alpha value is -3.99. The van der Waals surface area contributed by atoms with Gasteiger partial charge in [0.05, 0.1) is 28.1 Å². The second kappa shape index (κ2) is 9.71. The first-order chi connectivity index (χ1) is 18.4. The largest absolute Gasteiger partial charge is 0.474 e. The molecule has 1 unspecified atom stereocenters. The summed E-state index contributed by atoms with van der Waals surface area (Å²) in [7, 11) is 0. The molecule has 6 rings (SSSR count). The van der Waals surface area contributed by atoms with Gasteiger partial charge in [0, 0.05) is 31.4 Å². The fraction of sp³-hybridized carbons (Fsp3) is 0.370. The lowest BCUT2D eigenvalue weighted by Gasteiger charge is -2.32. The van der Waals surface area contributed by atoms with E-state index in [1.54, 1.807) is 28.1 Å². The van der Waals surface area contributed by atoms with E-state index >= 15 is 0 Å². The number of likely N-dealkylation sites (tertiary alicyclic amines) is 1. The molecule has 1 saturated heterocycles. The molecular formula is C27H28N6O4S. The second-order valence-electron chi connectivity index (χ2n) is 9.81. The summed E-state index contributed by atoms with van der Waals surface area (Å²) in [4.78, 5) is 52.2. The number of nitrogens with one attached hydrogen (secondary N) is 2. The van der Waals surface area contributed by atoms with E-state index in [2.05, 4.69) is 27.2 Å². The van der Waals surface area contributed by atoms with Crippen LogP contribution >= 0.6 is 11.3 Å². The smallest absolute Gasteiger partial charge is 0.331 e. The molecule has 11 heteroatoms. The number of aromatic nitrogens is 2. The van der Waals surface area contributed by atoms with Crippen LogP contribution in [-0.2, 0) is 4.79 Å². The molecule has 0 radical (unpaired) electrons. The van der Waals surface area contributed by atoms with E-state index in [0.717, 1.165) is 25.7 Å². The Bertz CT molecular complexity index is 1470. The van der Waals surface area contributed by atoms with Crippen LogP contribution in [0.25, 0.3) is 10.2 Å². The summed E-state index contributed by atoms with van der Waals surface area (Å²) < 4.78 is 5.92. The van der Waals surface area contributed by atoms with Crippen LogP contribution in [0.2, 0.25) is 0 Å². The second-order valence-corrected chi connectivity index (χ2v) is 10.8. The number of anilines is 3. The van der Waals surface area contributed by atoms with Crippen molar-refractivity contribution in [3.63, 3.8) is 0 Å². The minimum Gasteiger partial charge on any atom is -0.474 e. The van der Waals surface area contributed by atoms with E-state index in [1.165, 1.54) is 23.8 Å².